The minimum absolute atomic E-state index is 0.0300. The number of benzene rings is 2. The third-order valence-corrected chi connectivity index (χ3v) is 9.09. The number of carbonyl (C=O) groups excluding carboxylic acids is 1. The number of hydrogen-bond donors (Lipinski definition) is 2. The van der Waals surface area contributed by atoms with Gasteiger partial charge in [0.15, 0.2) is 11.6 Å². The Kier molecular flexibility index (Phi) is 12.1. The number of carboxylic acids is 1. The van der Waals surface area contributed by atoms with Crippen LogP contribution in [0.4, 0.5) is 35.1 Å². The number of alkyl halides is 6. The number of rotatable bonds is 13. The predicted octanol–water partition coefficient (Wildman–Crippen LogP) is 7.62. The van der Waals surface area contributed by atoms with Crippen LogP contribution in [0.25, 0.3) is 11.1 Å². The topological polar surface area (TPSA) is 101 Å². The first-order chi connectivity index (χ1) is 24.1. The number of hydrogen-bond acceptors (Lipinski definition) is 5. The molecule has 0 saturated carbocycles. The van der Waals surface area contributed by atoms with E-state index in [4.69, 9.17) is 4.74 Å². The van der Waals surface area contributed by atoms with Crippen LogP contribution >= 0.6 is 0 Å². The number of carbonyl (C=O) groups is 2. The molecule has 52 heavy (non-hydrogen) atoms. The van der Waals surface area contributed by atoms with Gasteiger partial charge in [-0.2, -0.15) is 26.3 Å². The molecule has 1 fully saturated rings. The second kappa shape index (κ2) is 15.6. The number of aryl methyl sites for hydroxylation is 1. The Morgan fingerprint density at radius 1 is 1.00 bits per heavy atom. The first-order valence-corrected chi connectivity index (χ1v) is 16.4. The Hall–Kier alpha value is -4.47. The summed E-state index contributed by atoms with van der Waals surface area (Å²) < 4.78 is 122. The number of aromatic nitrogens is 1. The van der Waals surface area contributed by atoms with Gasteiger partial charge in [-0.3, -0.25) is 14.4 Å². The van der Waals surface area contributed by atoms with Gasteiger partial charge in [0.1, 0.15) is 11.9 Å². The minimum Gasteiger partial charge on any atom is -0.493 e. The van der Waals surface area contributed by atoms with Crippen molar-refractivity contribution in [2.24, 2.45) is 5.92 Å². The molecule has 1 saturated heterocycles. The third kappa shape index (κ3) is 8.93. The number of methoxy groups -OCH3 is 1. The molecule has 3 aromatic rings. The van der Waals surface area contributed by atoms with E-state index in [1.165, 1.54) is 13.8 Å². The van der Waals surface area contributed by atoms with Gasteiger partial charge in [0.25, 0.3) is 5.56 Å². The van der Waals surface area contributed by atoms with Crippen molar-refractivity contribution in [3.05, 3.63) is 85.8 Å². The molecule has 2 aromatic carbocycles. The van der Waals surface area contributed by atoms with Crippen LogP contribution < -0.4 is 15.6 Å². The standard InChI is InChI=1S/C36H39F8N3O5/c1-18(2)11-28(47-17-21(7-10-46-8-6-9-46)25(15-29(47)48)36(42,43)44)34(51)45-27(16-30(49)50)23-13-22(35(39,40)41)14-24(32(23)38)31-19(3)12-26(37)33(52-5)20(31)4/h12-15,17-18,27-28H,6-11,16H2,1-5H3,(H,45,51)(H,49,50). The van der Waals surface area contributed by atoms with Crippen molar-refractivity contribution in [3.8, 4) is 16.9 Å². The average molecular weight is 746 g/mol. The van der Waals surface area contributed by atoms with Crippen LogP contribution in [0, 0.1) is 31.4 Å². The van der Waals surface area contributed by atoms with E-state index >= 15 is 4.39 Å². The van der Waals surface area contributed by atoms with E-state index in [0.29, 0.717) is 31.3 Å². The zero-order valence-electron chi connectivity index (χ0n) is 29.1. The van der Waals surface area contributed by atoms with Crippen LogP contribution in [-0.2, 0) is 28.4 Å². The van der Waals surface area contributed by atoms with Gasteiger partial charge in [-0.05, 0) is 87.0 Å². The largest absolute Gasteiger partial charge is 0.493 e. The minimum atomic E-state index is -5.10. The second-order valence-electron chi connectivity index (χ2n) is 13.3. The fraction of sp³-hybridized carbons (Fsp3) is 0.472. The zero-order valence-corrected chi connectivity index (χ0v) is 29.1. The highest BCUT2D eigenvalue weighted by atomic mass is 19.4. The number of nitrogens with one attached hydrogen (secondary N) is 1. The highest BCUT2D eigenvalue weighted by Crippen LogP contribution is 2.42. The van der Waals surface area contributed by atoms with Crippen LogP contribution in [0.2, 0.25) is 0 Å². The van der Waals surface area contributed by atoms with Gasteiger partial charge in [-0.1, -0.05) is 13.8 Å². The average Bonchev–Trinajstić information content (AvgIpc) is 2.98. The summed E-state index contributed by atoms with van der Waals surface area (Å²) in [5.41, 5.74) is -5.78. The highest BCUT2D eigenvalue weighted by molar-refractivity contribution is 5.82. The molecule has 0 aliphatic carbocycles. The summed E-state index contributed by atoms with van der Waals surface area (Å²) in [6.45, 7) is 7.55. The number of nitrogens with zero attached hydrogens (tertiary/aromatic N) is 2. The molecule has 284 valence electrons. The lowest BCUT2D eigenvalue weighted by atomic mass is 9.89. The molecular formula is C36H39F8N3O5. The van der Waals surface area contributed by atoms with Gasteiger partial charge in [0.05, 0.1) is 30.7 Å². The van der Waals surface area contributed by atoms with Gasteiger partial charge < -0.3 is 24.6 Å². The van der Waals surface area contributed by atoms with Gasteiger partial charge in [0, 0.05) is 35.5 Å². The molecule has 4 rings (SSSR count). The lowest BCUT2D eigenvalue weighted by Gasteiger charge is -2.31. The van der Waals surface area contributed by atoms with E-state index < -0.39 is 82.2 Å². The SMILES string of the molecule is COc1c(F)cc(C)c(-c2cc(C(F)(F)F)cc(C(CC(=O)O)NC(=O)C(CC(C)C)n3cc(CCN4CCC4)c(C(F)(F)F)cc3=O)c2F)c1C. The Balaban J connectivity index is 1.87. The first kappa shape index (κ1) is 40.3. The highest BCUT2D eigenvalue weighted by Gasteiger charge is 2.38. The van der Waals surface area contributed by atoms with Gasteiger partial charge in [-0.15, -0.1) is 0 Å². The van der Waals surface area contributed by atoms with E-state index in [1.54, 1.807) is 13.8 Å². The molecule has 8 nitrogen and oxygen atoms in total. The number of halogens is 8. The molecule has 0 spiro atoms. The van der Waals surface area contributed by atoms with E-state index in [-0.39, 0.29) is 53.3 Å². The Morgan fingerprint density at radius 2 is 1.65 bits per heavy atom. The summed E-state index contributed by atoms with van der Waals surface area (Å²) >= 11 is 0. The summed E-state index contributed by atoms with van der Waals surface area (Å²) in [6.07, 6.45) is -9.57. The van der Waals surface area contributed by atoms with Crippen LogP contribution in [0.1, 0.15) is 78.6 Å². The molecule has 1 aliphatic rings. The normalized spacial score (nSPS) is 15.0. The third-order valence-electron chi connectivity index (χ3n) is 9.09. The molecule has 1 aromatic heterocycles. The first-order valence-electron chi connectivity index (χ1n) is 16.4. The van der Waals surface area contributed by atoms with Crippen LogP contribution in [0.3, 0.4) is 0 Å². The van der Waals surface area contributed by atoms with Crippen LogP contribution in [0.5, 0.6) is 5.75 Å². The Bertz CT molecular complexity index is 1880. The number of carboxylic acid groups (broad SMARTS) is 1. The van der Waals surface area contributed by atoms with Crippen molar-refractivity contribution < 1.29 is 54.6 Å². The maximum absolute atomic E-state index is 16.6. The molecule has 2 N–H and O–H groups in total. The molecule has 2 heterocycles. The Morgan fingerprint density at radius 3 is 2.17 bits per heavy atom. The summed E-state index contributed by atoms with van der Waals surface area (Å²) in [6, 6.07) is -1.37. The van der Waals surface area contributed by atoms with Crippen molar-refractivity contribution in [1.29, 1.82) is 0 Å². The van der Waals surface area contributed by atoms with Gasteiger partial charge >= 0.3 is 18.3 Å². The van der Waals surface area contributed by atoms with Crippen LogP contribution in [0.15, 0.2) is 35.3 Å². The van der Waals surface area contributed by atoms with Crippen molar-refractivity contribution in [1.82, 2.24) is 14.8 Å². The smallest absolute Gasteiger partial charge is 0.416 e. The fourth-order valence-corrected chi connectivity index (χ4v) is 6.48. The monoisotopic (exact) mass is 745 g/mol. The molecule has 2 atom stereocenters. The van der Waals surface area contributed by atoms with Crippen molar-refractivity contribution in [2.75, 3.05) is 26.7 Å². The molecule has 1 aliphatic heterocycles. The number of aliphatic carboxylic acids is 1. The van der Waals surface area contributed by atoms with Crippen LogP contribution in [-0.4, -0.2) is 53.2 Å². The predicted molar refractivity (Wildman–Crippen MR) is 175 cm³/mol. The number of amides is 1. The molecule has 0 radical (unpaired) electrons. The van der Waals surface area contributed by atoms with E-state index in [0.717, 1.165) is 30.4 Å². The Labute approximate surface area is 294 Å². The van der Waals surface area contributed by atoms with Crippen molar-refractivity contribution in [3.63, 3.8) is 0 Å². The summed E-state index contributed by atoms with van der Waals surface area (Å²) in [7, 11) is 1.11. The van der Waals surface area contributed by atoms with E-state index in [2.05, 4.69) is 5.32 Å². The second-order valence-corrected chi connectivity index (χ2v) is 13.3. The number of ether oxygens (including phenoxy) is 1. The molecule has 0 bridgehead atoms. The molecule has 2 unspecified atom stereocenters. The van der Waals surface area contributed by atoms with Crippen molar-refractivity contribution in [2.45, 2.75) is 77.8 Å². The van der Waals surface area contributed by atoms with Gasteiger partial charge in [-0.25, -0.2) is 8.78 Å². The maximum atomic E-state index is 16.6. The summed E-state index contributed by atoms with van der Waals surface area (Å²) in [4.78, 5) is 41.1. The fourth-order valence-electron chi connectivity index (χ4n) is 6.48. The number of pyridine rings is 1. The summed E-state index contributed by atoms with van der Waals surface area (Å²) in [5.74, 6) is -5.71. The maximum Gasteiger partial charge on any atom is 0.416 e. The number of likely N-dealkylation sites (tertiary alicyclic amines) is 1. The molecular weight excluding hydrogens is 706 g/mol. The van der Waals surface area contributed by atoms with Crippen molar-refractivity contribution >= 4 is 11.9 Å². The van der Waals surface area contributed by atoms with E-state index in [1.807, 2.05) is 4.90 Å². The zero-order chi connectivity index (χ0) is 38.9. The lowest BCUT2D eigenvalue weighted by Crippen LogP contribution is -2.41. The molecule has 1 amide bonds. The van der Waals surface area contributed by atoms with E-state index in [9.17, 15) is 50.2 Å². The lowest BCUT2D eigenvalue weighted by molar-refractivity contribution is -0.139. The quantitative estimate of drug-likeness (QED) is 0.175. The molecule has 16 heteroatoms. The summed E-state index contributed by atoms with van der Waals surface area (Å²) in [5, 5.41) is 12.0. The van der Waals surface area contributed by atoms with Gasteiger partial charge in [0.2, 0.25) is 5.91 Å².